The molecule has 1 aliphatic rings. The quantitative estimate of drug-likeness (QED) is 0.635. The third kappa shape index (κ3) is 1.61. The van der Waals surface area contributed by atoms with Crippen molar-refractivity contribution in [2.75, 3.05) is 0 Å². The van der Waals surface area contributed by atoms with Crippen LogP contribution in [0.3, 0.4) is 0 Å². The molecule has 68 valence electrons. The van der Waals surface area contributed by atoms with E-state index in [0.717, 1.165) is 18.4 Å². The van der Waals surface area contributed by atoms with E-state index in [4.69, 9.17) is 0 Å². The fraction of sp³-hybridized carbons (Fsp3) is 0.636. The maximum atomic E-state index is 9.72. The van der Waals surface area contributed by atoms with Gasteiger partial charge in [0.25, 0.3) is 0 Å². The zero-order chi connectivity index (χ0) is 9.35. The minimum Gasteiger partial charge on any atom is -0.392 e. The lowest BCUT2D eigenvalue weighted by Gasteiger charge is -2.34. The third-order valence-electron chi connectivity index (χ3n) is 2.68. The zero-order valence-electron chi connectivity index (χ0n) is 8.22. The van der Waals surface area contributed by atoms with Crippen LogP contribution in [0.1, 0.15) is 33.6 Å². The van der Waals surface area contributed by atoms with Gasteiger partial charge in [-0.25, -0.2) is 0 Å². The molecule has 1 aliphatic carbocycles. The Balaban J connectivity index is 2.96. The van der Waals surface area contributed by atoms with E-state index < -0.39 is 0 Å². The van der Waals surface area contributed by atoms with Crippen LogP contribution >= 0.6 is 0 Å². The number of allylic oxidation sites excluding steroid dienone is 1. The van der Waals surface area contributed by atoms with Crippen molar-refractivity contribution in [2.24, 2.45) is 5.41 Å². The summed E-state index contributed by atoms with van der Waals surface area (Å²) >= 11 is 0. The number of aliphatic hydroxyl groups is 1. The molecule has 0 amide bonds. The molecule has 0 bridgehead atoms. The molecule has 0 aromatic rings. The van der Waals surface area contributed by atoms with Gasteiger partial charge in [0.05, 0.1) is 6.10 Å². The molecule has 0 fully saturated rings. The Labute approximate surface area is 74.8 Å². The van der Waals surface area contributed by atoms with Crippen LogP contribution < -0.4 is 0 Å². The minimum absolute atomic E-state index is 0.0769. The molecule has 0 saturated carbocycles. The minimum atomic E-state index is -0.264. The second-order valence-electron chi connectivity index (χ2n) is 4.17. The molecule has 0 spiro atoms. The largest absolute Gasteiger partial charge is 0.392 e. The maximum absolute atomic E-state index is 9.72. The summed E-state index contributed by atoms with van der Waals surface area (Å²) in [7, 11) is 0. The Hall–Kier alpha value is -0.560. The van der Waals surface area contributed by atoms with Crippen LogP contribution in [-0.4, -0.2) is 11.2 Å². The first-order valence-electron chi connectivity index (χ1n) is 4.55. The molecule has 1 N–H and O–H groups in total. The van der Waals surface area contributed by atoms with Crippen molar-refractivity contribution >= 4 is 0 Å². The SMILES string of the molecule is C=C1CC(O)C(C)(C)C=C1CC. The molecule has 12 heavy (non-hydrogen) atoms. The summed E-state index contributed by atoms with van der Waals surface area (Å²) in [5.41, 5.74) is 2.33. The normalized spacial score (nSPS) is 28.5. The molecule has 0 saturated heterocycles. The second-order valence-corrected chi connectivity index (χ2v) is 4.17. The van der Waals surface area contributed by atoms with Gasteiger partial charge in [0.15, 0.2) is 0 Å². The number of hydrogen-bond donors (Lipinski definition) is 1. The van der Waals surface area contributed by atoms with E-state index in [1.54, 1.807) is 0 Å². The van der Waals surface area contributed by atoms with E-state index in [1.807, 2.05) is 0 Å². The van der Waals surface area contributed by atoms with Crippen LogP contribution in [0.5, 0.6) is 0 Å². The van der Waals surface area contributed by atoms with Crippen molar-refractivity contribution in [2.45, 2.75) is 39.7 Å². The summed E-state index contributed by atoms with van der Waals surface area (Å²) in [5.74, 6) is 0. The van der Waals surface area contributed by atoms with Crippen molar-refractivity contribution in [1.29, 1.82) is 0 Å². The van der Waals surface area contributed by atoms with Crippen LogP contribution in [-0.2, 0) is 0 Å². The Morgan fingerprint density at radius 2 is 2.25 bits per heavy atom. The molecule has 0 aromatic carbocycles. The first kappa shape index (κ1) is 9.53. The van der Waals surface area contributed by atoms with Crippen molar-refractivity contribution in [3.8, 4) is 0 Å². The van der Waals surface area contributed by atoms with Crippen LogP contribution in [0.4, 0.5) is 0 Å². The summed E-state index contributed by atoms with van der Waals surface area (Å²) < 4.78 is 0. The standard InChI is InChI=1S/C11H18O/c1-5-9-7-11(3,4)10(12)6-8(9)2/h7,10,12H,2,5-6H2,1,3-4H3. The summed E-state index contributed by atoms with van der Waals surface area (Å²) in [5, 5.41) is 9.72. The van der Waals surface area contributed by atoms with Gasteiger partial charge in [0, 0.05) is 5.41 Å². The highest BCUT2D eigenvalue weighted by atomic mass is 16.3. The van der Waals surface area contributed by atoms with E-state index in [1.165, 1.54) is 5.57 Å². The average Bonchev–Trinajstić information content (AvgIpc) is 1.97. The highest BCUT2D eigenvalue weighted by Gasteiger charge is 2.30. The first-order valence-corrected chi connectivity index (χ1v) is 4.55. The van der Waals surface area contributed by atoms with E-state index >= 15 is 0 Å². The number of hydrogen-bond acceptors (Lipinski definition) is 1. The van der Waals surface area contributed by atoms with Gasteiger partial charge in [0.2, 0.25) is 0 Å². The van der Waals surface area contributed by atoms with Crippen molar-refractivity contribution in [3.05, 3.63) is 23.8 Å². The summed E-state index contributed by atoms with van der Waals surface area (Å²) in [6.07, 6.45) is 3.64. The van der Waals surface area contributed by atoms with Gasteiger partial charge in [0.1, 0.15) is 0 Å². The molecular weight excluding hydrogens is 148 g/mol. The van der Waals surface area contributed by atoms with Gasteiger partial charge in [-0.05, 0) is 24.0 Å². The van der Waals surface area contributed by atoms with Crippen molar-refractivity contribution in [1.82, 2.24) is 0 Å². The lowest BCUT2D eigenvalue weighted by Crippen LogP contribution is -2.31. The van der Waals surface area contributed by atoms with Crippen LogP contribution in [0.15, 0.2) is 23.8 Å². The Morgan fingerprint density at radius 1 is 1.67 bits per heavy atom. The summed E-state index contributed by atoms with van der Waals surface area (Å²) in [4.78, 5) is 0. The fourth-order valence-corrected chi connectivity index (χ4v) is 1.63. The Morgan fingerprint density at radius 3 is 2.75 bits per heavy atom. The topological polar surface area (TPSA) is 20.2 Å². The molecule has 1 nitrogen and oxygen atoms in total. The smallest absolute Gasteiger partial charge is 0.0665 e. The predicted octanol–water partition coefficient (Wildman–Crippen LogP) is 2.67. The Bertz CT molecular complexity index is 223. The fourth-order valence-electron chi connectivity index (χ4n) is 1.63. The molecular formula is C11H18O. The molecule has 0 aromatic heterocycles. The predicted molar refractivity (Wildman–Crippen MR) is 51.9 cm³/mol. The van der Waals surface area contributed by atoms with Crippen LogP contribution in [0.2, 0.25) is 0 Å². The van der Waals surface area contributed by atoms with Gasteiger partial charge in [-0.2, -0.15) is 0 Å². The molecule has 1 atom stereocenters. The highest BCUT2D eigenvalue weighted by Crippen LogP contribution is 2.36. The second kappa shape index (κ2) is 3.06. The molecule has 0 radical (unpaired) electrons. The van der Waals surface area contributed by atoms with Gasteiger partial charge < -0.3 is 5.11 Å². The number of rotatable bonds is 1. The monoisotopic (exact) mass is 166 g/mol. The van der Waals surface area contributed by atoms with E-state index in [9.17, 15) is 5.11 Å². The van der Waals surface area contributed by atoms with Crippen molar-refractivity contribution in [3.63, 3.8) is 0 Å². The molecule has 1 rings (SSSR count). The van der Waals surface area contributed by atoms with Gasteiger partial charge in [-0.3, -0.25) is 0 Å². The lowest BCUT2D eigenvalue weighted by molar-refractivity contribution is 0.0774. The molecule has 1 heteroatoms. The summed E-state index contributed by atoms with van der Waals surface area (Å²) in [6.45, 7) is 10.2. The van der Waals surface area contributed by atoms with Crippen LogP contribution in [0.25, 0.3) is 0 Å². The van der Waals surface area contributed by atoms with Crippen molar-refractivity contribution < 1.29 is 5.11 Å². The zero-order valence-corrected chi connectivity index (χ0v) is 8.22. The van der Waals surface area contributed by atoms with Gasteiger partial charge in [-0.15, -0.1) is 0 Å². The van der Waals surface area contributed by atoms with E-state index in [2.05, 4.69) is 33.4 Å². The molecule has 1 unspecified atom stereocenters. The third-order valence-corrected chi connectivity index (χ3v) is 2.68. The van der Waals surface area contributed by atoms with E-state index in [-0.39, 0.29) is 11.5 Å². The average molecular weight is 166 g/mol. The Kier molecular flexibility index (Phi) is 2.43. The van der Waals surface area contributed by atoms with E-state index in [0.29, 0.717) is 0 Å². The number of aliphatic hydroxyl groups excluding tert-OH is 1. The maximum Gasteiger partial charge on any atom is 0.0665 e. The van der Waals surface area contributed by atoms with Gasteiger partial charge >= 0.3 is 0 Å². The summed E-state index contributed by atoms with van der Waals surface area (Å²) in [6, 6.07) is 0. The van der Waals surface area contributed by atoms with Crippen LogP contribution in [0, 0.1) is 5.41 Å². The first-order chi connectivity index (χ1) is 5.47. The molecule has 0 heterocycles. The highest BCUT2D eigenvalue weighted by molar-refractivity contribution is 5.34. The lowest BCUT2D eigenvalue weighted by atomic mass is 9.75. The van der Waals surface area contributed by atoms with Gasteiger partial charge in [-0.1, -0.05) is 33.4 Å². The molecule has 0 aliphatic heterocycles.